The van der Waals surface area contributed by atoms with Gasteiger partial charge in [0.2, 0.25) is 0 Å². The molecule has 1 rings (SSSR count). The zero-order valence-corrected chi connectivity index (χ0v) is 7.70. The first kappa shape index (κ1) is 10.5. The highest BCUT2D eigenvalue weighted by Gasteiger charge is 2.22. The van der Waals surface area contributed by atoms with Crippen LogP contribution in [0.25, 0.3) is 0 Å². The van der Waals surface area contributed by atoms with Crippen LogP contribution >= 0.6 is 0 Å². The van der Waals surface area contributed by atoms with Crippen LogP contribution in [0.3, 0.4) is 0 Å². The van der Waals surface area contributed by atoms with Crippen LogP contribution in [0.1, 0.15) is 38.5 Å². The molecule has 1 aliphatic rings. The van der Waals surface area contributed by atoms with Gasteiger partial charge in [-0.1, -0.05) is 32.1 Å². The van der Waals surface area contributed by atoms with Gasteiger partial charge in [0.1, 0.15) is 6.04 Å². The molecule has 0 spiro atoms. The van der Waals surface area contributed by atoms with Gasteiger partial charge in [-0.3, -0.25) is 4.79 Å². The summed E-state index contributed by atoms with van der Waals surface area (Å²) in [4.78, 5) is 10.6. The molecule has 0 aliphatic heterocycles. The molecule has 0 aromatic heterocycles. The Morgan fingerprint density at radius 3 is 2.46 bits per heavy atom. The smallest absolute Gasteiger partial charge is 0.323 e. The van der Waals surface area contributed by atoms with Gasteiger partial charge < -0.3 is 10.3 Å². The van der Waals surface area contributed by atoms with Crippen LogP contribution in [0.4, 0.5) is 0 Å². The molecule has 4 heteroatoms. The Morgan fingerprint density at radius 1 is 1.38 bits per heavy atom. The summed E-state index contributed by atoms with van der Waals surface area (Å²) >= 11 is 0. The highest BCUT2D eigenvalue weighted by molar-refractivity contribution is 5.73. The number of carbonyl (C=O) groups is 1. The van der Waals surface area contributed by atoms with Crippen molar-refractivity contribution in [3.8, 4) is 0 Å². The van der Waals surface area contributed by atoms with Crippen molar-refractivity contribution in [1.29, 1.82) is 0 Å². The molecular formula is C9H17NO3. The summed E-state index contributed by atoms with van der Waals surface area (Å²) in [5.74, 6) is -0.498. The van der Waals surface area contributed by atoms with Gasteiger partial charge in [-0.05, 0) is 12.3 Å². The molecule has 0 aromatic carbocycles. The number of hydroxylamine groups is 1. The molecule has 0 amide bonds. The molecule has 1 unspecified atom stereocenters. The van der Waals surface area contributed by atoms with Crippen LogP contribution < -0.4 is 5.48 Å². The van der Waals surface area contributed by atoms with Gasteiger partial charge in [0.05, 0.1) is 0 Å². The lowest BCUT2D eigenvalue weighted by atomic mass is 9.85. The number of rotatable bonds is 4. The second-order valence-corrected chi connectivity index (χ2v) is 3.76. The van der Waals surface area contributed by atoms with Crippen molar-refractivity contribution >= 4 is 5.97 Å². The minimum Gasteiger partial charge on any atom is -0.480 e. The van der Waals surface area contributed by atoms with E-state index in [0.29, 0.717) is 12.3 Å². The molecular weight excluding hydrogens is 170 g/mol. The van der Waals surface area contributed by atoms with E-state index in [0.717, 1.165) is 12.8 Å². The number of aliphatic carboxylic acids is 1. The van der Waals surface area contributed by atoms with Crippen LogP contribution in [-0.2, 0) is 4.79 Å². The Kier molecular flexibility index (Phi) is 4.18. The molecule has 13 heavy (non-hydrogen) atoms. The molecule has 3 N–H and O–H groups in total. The fourth-order valence-corrected chi connectivity index (χ4v) is 1.96. The predicted octanol–water partition coefficient (Wildman–Crippen LogP) is 1.39. The van der Waals surface area contributed by atoms with E-state index < -0.39 is 12.0 Å². The molecule has 0 bridgehead atoms. The summed E-state index contributed by atoms with van der Waals surface area (Å²) in [5.41, 5.74) is 1.85. The molecule has 1 aliphatic carbocycles. The van der Waals surface area contributed by atoms with Crippen LogP contribution in [0, 0.1) is 5.92 Å². The maximum absolute atomic E-state index is 10.6. The van der Waals surface area contributed by atoms with Gasteiger partial charge in [-0.15, -0.1) is 0 Å². The fourth-order valence-electron chi connectivity index (χ4n) is 1.96. The maximum Gasteiger partial charge on any atom is 0.323 e. The van der Waals surface area contributed by atoms with Gasteiger partial charge in [0.25, 0.3) is 0 Å². The zero-order chi connectivity index (χ0) is 9.68. The Labute approximate surface area is 77.9 Å². The number of carboxylic acids is 1. The number of nitrogens with one attached hydrogen (secondary N) is 1. The quantitative estimate of drug-likeness (QED) is 0.582. The van der Waals surface area contributed by atoms with Crippen LogP contribution in [0.2, 0.25) is 0 Å². The van der Waals surface area contributed by atoms with Crippen molar-refractivity contribution in [2.45, 2.75) is 44.6 Å². The monoisotopic (exact) mass is 187 g/mol. The Bertz CT molecular complexity index is 166. The van der Waals surface area contributed by atoms with Gasteiger partial charge in [0, 0.05) is 0 Å². The summed E-state index contributed by atoms with van der Waals surface area (Å²) in [5, 5.41) is 17.3. The summed E-state index contributed by atoms with van der Waals surface area (Å²) < 4.78 is 0. The van der Waals surface area contributed by atoms with Crippen molar-refractivity contribution in [2.24, 2.45) is 5.92 Å². The second kappa shape index (κ2) is 5.19. The third kappa shape index (κ3) is 3.32. The highest BCUT2D eigenvalue weighted by Crippen LogP contribution is 2.27. The van der Waals surface area contributed by atoms with Gasteiger partial charge in [-0.25, -0.2) is 0 Å². The predicted molar refractivity (Wildman–Crippen MR) is 47.5 cm³/mol. The van der Waals surface area contributed by atoms with E-state index in [9.17, 15) is 4.79 Å². The highest BCUT2D eigenvalue weighted by atomic mass is 16.5. The van der Waals surface area contributed by atoms with Gasteiger partial charge >= 0.3 is 5.97 Å². The van der Waals surface area contributed by atoms with Gasteiger partial charge in [-0.2, -0.15) is 5.48 Å². The van der Waals surface area contributed by atoms with E-state index in [1.54, 1.807) is 0 Å². The second-order valence-electron chi connectivity index (χ2n) is 3.76. The van der Waals surface area contributed by atoms with E-state index in [-0.39, 0.29) is 0 Å². The first-order chi connectivity index (χ1) is 6.24. The van der Waals surface area contributed by atoms with E-state index >= 15 is 0 Å². The minimum atomic E-state index is -0.965. The lowest BCUT2D eigenvalue weighted by Gasteiger charge is -2.23. The first-order valence-electron chi connectivity index (χ1n) is 4.86. The van der Waals surface area contributed by atoms with Crippen molar-refractivity contribution in [1.82, 2.24) is 5.48 Å². The van der Waals surface area contributed by atoms with Crippen LogP contribution in [0.5, 0.6) is 0 Å². The average Bonchev–Trinajstić information content (AvgIpc) is 2.15. The lowest BCUT2D eigenvalue weighted by molar-refractivity contribution is -0.143. The number of hydrogen-bond acceptors (Lipinski definition) is 3. The van der Waals surface area contributed by atoms with Gasteiger partial charge in [0.15, 0.2) is 0 Å². The molecule has 0 aromatic rings. The summed E-state index contributed by atoms with van der Waals surface area (Å²) in [6.45, 7) is 0. The number of carboxylic acid groups (broad SMARTS) is 1. The topological polar surface area (TPSA) is 69.6 Å². The molecule has 4 nitrogen and oxygen atoms in total. The Morgan fingerprint density at radius 2 is 2.00 bits per heavy atom. The molecule has 1 saturated carbocycles. The Balaban J connectivity index is 2.31. The molecule has 1 atom stereocenters. The summed E-state index contributed by atoms with van der Waals surface area (Å²) in [6, 6.07) is -0.789. The Hall–Kier alpha value is -0.610. The normalized spacial score (nSPS) is 21.3. The average molecular weight is 187 g/mol. The molecule has 0 radical (unpaired) electrons. The first-order valence-corrected chi connectivity index (χ1v) is 4.86. The van der Waals surface area contributed by atoms with Crippen molar-refractivity contribution in [3.63, 3.8) is 0 Å². The van der Waals surface area contributed by atoms with Crippen molar-refractivity contribution in [2.75, 3.05) is 0 Å². The van der Waals surface area contributed by atoms with Crippen LogP contribution in [-0.4, -0.2) is 22.3 Å². The number of hydrogen-bond donors (Lipinski definition) is 3. The maximum atomic E-state index is 10.6. The standard InChI is InChI=1S/C9H17NO3/c11-9(12)8(10-13)6-7-4-2-1-3-5-7/h7-8,10,13H,1-6H2,(H,11,12). The minimum absolute atomic E-state index is 0.467. The van der Waals surface area contributed by atoms with E-state index in [4.69, 9.17) is 10.3 Å². The lowest BCUT2D eigenvalue weighted by Crippen LogP contribution is -2.36. The molecule has 76 valence electrons. The van der Waals surface area contributed by atoms with E-state index in [1.165, 1.54) is 19.3 Å². The largest absolute Gasteiger partial charge is 0.480 e. The van der Waals surface area contributed by atoms with Crippen LogP contribution in [0.15, 0.2) is 0 Å². The fraction of sp³-hybridized carbons (Fsp3) is 0.889. The zero-order valence-electron chi connectivity index (χ0n) is 7.70. The summed E-state index contributed by atoms with van der Waals surface area (Å²) in [7, 11) is 0. The molecule has 0 saturated heterocycles. The molecule has 0 heterocycles. The SMILES string of the molecule is O=C(O)C(CC1CCCCC1)NO. The third-order valence-corrected chi connectivity index (χ3v) is 2.75. The third-order valence-electron chi connectivity index (χ3n) is 2.75. The summed E-state index contributed by atoms with van der Waals surface area (Å²) in [6.07, 6.45) is 6.41. The van der Waals surface area contributed by atoms with Crippen molar-refractivity contribution < 1.29 is 15.1 Å². The van der Waals surface area contributed by atoms with Crippen molar-refractivity contribution in [3.05, 3.63) is 0 Å². The van der Waals surface area contributed by atoms with E-state index in [2.05, 4.69) is 0 Å². The van der Waals surface area contributed by atoms with E-state index in [1.807, 2.05) is 5.48 Å². The molecule has 1 fully saturated rings.